The van der Waals surface area contributed by atoms with Crippen molar-refractivity contribution in [3.8, 4) is 6.07 Å². The number of rotatable bonds is 6. The van der Waals surface area contributed by atoms with Gasteiger partial charge in [0.25, 0.3) is 0 Å². The van der Waals surface area contributed by atoms with Crippen molar-refractivity contribution in [1.29, 1.82) is 5.26 Å². The number of fused-ring (bicyclic) bond motifs is 4. The Morgan fingerprint density at radius 3 is 2.69 bits per heavy atom. The van der Waals surface area contributed by atoms with Crippen LogP contribution in [0.2, 0.25) is 0 Å². The molecule has 1 aromatic carbocycles. The Morgan fingerprint density at radius 1 is 1.20 bits per heavy atom. The van der Waals surface area contributed by atoms with E-state index in [9.17, 15) is 36.8 Å². The molecule has 0 aliphatic carbocycles. The lowest BCUT2D eigenvalue weighted by molar-refractivity contribution is -0.145. The number of pyridine rings is 2. The number of alkyl halides is 3. The van der Waals surface area contributed by atoms with Crippen molar-refractivity contribution < 1.29 is 31.5 Å². The molecule has 0 unspecified atom stereocenters. The molecule has 45 heavy (non-hydrogen) atoms. The van der Waals surface area contributed by atoms with Crippen molar-refractivity contribution in [1.82, 2.24) is 23.9 Å². The number of anilines is 1. The van der Waals surface area contributed by atoms with Gasteiger partial charge in [-0.05, 0) is 66.6 Å². The van der Waals surface area contributed by atoms with Crippen molar-refractivity contribution in [2.75, 3.05) is 18.0 Å². The van der Waals surface area contributed by atoms with E-state index in [1.807, 2.05) is 17.9 Å². The first-order valence-electron chi connectivity index (χ1n) is 14.2. The average molecular weight is 640 g/mol. The van der Waals surface area contributed by atoms with E-state index in [4.69, 9.17) is 0 Å². The van der Waals surface area contributed by atoms with Crippen LogP contribution in [0.15, 0.2) is 47.6 Å². The topological polar surface area (TPSA) is 145 Å². The minimum absolute atomic E-state index is 0.0144. The fourth-order valence-electron chi connectivity index (χ4n) is 6.35. The van der Waals surface area contributed by atoms with Gasteiger partial charge in [0.1, 0.15) is 16.8 Å². The highest BCUT2D eigenvalue weighted by molar-refractivity contribution is 7.89. The molecule has 234 valence electrons. The quantitative estimate of drug-likeness (QED) is 0.324. The second-order valence-corrected chi connectivity index (χ2v) is 13.3. The summed E-state index contributed by atoms with van der Waals surface area (Å²) in [5.74, 6) is -2.74. The third kappa shape index (κ3) is 5.38. The minimum atomic E-state index is -4.73. The Kier molecular flexibility index (Phi) is 7.52. The van der Waals surface area contributed by atoms with Gasteiger partial charge in [-0.25, -0.2) is 13.4 Å². The highest BCUT2D eigenvalue weighted by Crippen LogP contribution is 2.38. The maximum Gasteiger partial charge on any atom is 0.452 e. The van der Waals surface area contributed by atoms with E-state index in [-0.39, 0.29) is 41.7 Å². The van der Waals surface area contributed by atoms with E-state index >= 15 is 0 Å². The molecule has 3 aromatic heterocycles. The van der Waals surface area contributed by atoms with Gasteiger partial charge < -0.3 is 10.0 Å². The van der Waals surface area contributed by atoms with Crippen molar-refractivity contribution in [2.24, 2.45) is 0 Å². The first-order chi connectivity index (χ1) is 21.3. The number of nitrogens with zero attached hydrogens (tertiary/aromatic N) is 7. The minimum Gasteiger partial charge on any atom is -0.481 e. The molecular weight excluding hydrogens is 611 g/mol. The van der Waals surface area contributed by atoms with Crippen LogP contribution >= 0.6 is 0 Å². The van der Waals surface area contributed by atoms with Crippen LogP contribution in [0.25, 0.3) is 5.65 Å². The average Bonchev–Trinajstić information content (AvgIpc) is 3.63. The van der Waals surface area contributed by atoms with Gasteiger partial charge in [-0.2, -0.15) is 22.7 Å². The Hall–Kier alpha value is -4.55. The van der Waals surface area contributed by atoms with Gasteiger partial charge in [-0.3, -0.25) is 9.20 Å². The van der Waals surface area contributed by atoms with Crippen molar-refractivity contribution in [3.63, 3.8) is 0 Å². The van der Waals surface area contributed by atoms with Crippen molar-refractivity contribution >= 4 is 27.5 Å². The maximum atomic E-state index is 14.0. The van der Waals surface area contributed by atoms with E-state index < -0.39 is 33.9 Å². The SMILES string of the molecule is Cc1ccc([C@H](CC(=O)O)c2ccn3c(C(F)(F)F)nnc3c2C)cc1CN1C[C@@H]2CCCN2c2ncc(C#N)cc2S1(=O)=O. The number of hydrogen-bond donors (Lipinski definition) is 1. The zero-order chi connectivity index (χ0) is 32.3. The molecule has 2 aliphatic heterocycles. The molecule has 1 fully saturated rings. The summed E-state index contributed by atoms with van der Waals surface area (Å²) in [5, 5.41) is 26.3. The predicted octanol–water partition coefficient (Wildman–Crippen LogP) is 4.41. The monoisotopic (exact) mass is 639 g/mol. The third-order valence-corrected chi connectivity index (χ3v) is 10.5. The number of aryl methyl sites for hydroxylation is 2. The van der Waals surface area contributed by atoms with E-state index in [0.717, 1.165) is 22.8 Å². The number of hydrogen-bond acceptors (Lipinski definition) is 8. The van der Waals surface area contributed by atoms with Crippen LogP contribution in [0.3, 0.4) is 0 Å². The normalized spacial score (nSPS) is 18.7. The van der Waals surface area contributed by atoms with Gasteiger partial charge in [-0.1, -0.05) is 18.2 Å². The summed E-state index contributed by atoms with van der Waals surface area (Å²) in [6.07, 6.45) is -0.899. The summed E-state index contributed by atoms with van der Waals surface area (Å²) in [6, 6.07) is 9.94. The van der Waals surface area contributed by atoms with E-state index in [2.05, 4.69) is 15.2 Å². The summed E-state index contributed by atoms with van der Waals surface area (Å²) in [6.45, 7) is 4.23. The Labute approximate surface area is 256 Å². The smallest absolute Gasteiger partial charge is 0.452 e. The van der Waals surface area contributed by atoms with Gasteiger partial charge in [-0.15, -0.1) is 10.2 Å². The molecule has 4 aromatic rings. The van der Waals surface area contributed by atoms with E-state index in [1.165, 1.54) is 28.8 Å². The van der Waals surface area contributed by atoms with Crippen molar-refractivity contribution in [2.45, 2.75) is 62.7 Å². The van der Waals surface area contributed by atoms with Crippen molar-refractivity contribution in [3.05, 3.63) is 81.9 Å². The summed E-state index contributed by atoms with van der Waals surface area (Å²) in [5.41, 5.74) is 2.89. The molecule has 6 rings (SSSR count). The molecule has 2 aliphatic rings. The summed E-state index contributed by atoms with van der Waals surface area (Å²) in [4.78, 5) is 18.3. The maximum absolute atomic E-state index is 14.0. The highest BCUT2D eigenvalue weighted by atomic mass is 32.2. The molecule has 0 saturated carbocycles. The van der Waals surface area contributed by atoms with Crippen LogP contribution in [-0.4, -0.2) is 62.5 Å². The molecule has 11 nitrogen and oxygen atoms in total. The van der Waals surface area contributed by atoms with Crippen LogP contribution in [-0.2, 0) is 27.5 Å². The second kappa shape index (κ2) is 11.1. The number of carbonyl (C=O) groups is 1. The van der Waals surface area contributed by atoms with Crippen LogP contribution in [0, 0.1) is 25.2 Å². The number of halogens is 3. The molecule has 1 saturated heterocycles. The van der Waals surface area contributed by atoms with Gasteiger partial charge in [0.15, 0.2) is 5.65 Å². The Bertz CT molecular complexity index is 1990. The number of benzene rings is 1. The third-order valence-electron chi connectivity index (χ3n) is 8.64. The predicted molar refractivity (Wildman–Crippen MR) is 155 cm³/mol. The van der Waals surface area contributed by atoms with Gasteiger partial charge in [0, 0.05) is 44.0 Å². The largest absolute Gasteiger partial charge is 0.481 e. The van der Waals surface area contributed by atoms with Gasteiger partial charge in [0.05, 0.1) is 12.0 Å². The van der Waals surface area contributed by atoms with Gasteiger partial charge in [0.2, 0.25) is 15.8 Å². The van der Waals surface area contributed by atoms with Crippen LogP contribution in [0.5, 0.6) is 0 Å². The lowest BCUT2D eigenvalue weighted by Crippen LogP contribution is -2.39. The number of carboxylic acids is 1. The first-order valence-corrected chi connectivity index (χ1v) is 15.6. The lowest BCUT2D eigenvalue weighted by atomic mass is 9.85. The standard InChI is InChI=1S/C30H28F3N7O4S/c1-17-5-6-20(24(12-26(41)42)23-7-9-40-27(18(23)2)36-37-29(40)30(31,32)33)11-21(17)15-38-16-22-4-3-8-39(22)28-25(45(38,43)44)10-19(13-34)14-35-28/h5-7,9-11,14,22,24H,3-4,8,12,15-16H2,1-2H3,(H,41,42)/t22-,24-/m0/s1. The lowest BCUT2D eigenvalue weighted by Gasteiger charge is -2.26. The summed E-state index contributed by atoms with van der Waals surface area (Å²) >= 11 is 0. The molecule has 0 radical (unpaired) electrons. The molecule has 2 atom stereocenters. The second-order valence-electron chi connectivity index (χ2n) is 11.4. The zero-order valence-electron chi connectivity index (χ0n) is 24.3. The first kappa shape index (κ1) is 30.5. The highest BCUT2D eigenvalue weighted by Gasteiger charge is 2.41. The molecule has 0 spiro atoms. The van der Waals surface area contributed by atoms with E-state index in [0.29, 0.717) is 34.6 Å². The molecular formula is C30H28F3N7O4S. The molecule has 1 N–H and O–H groups in total. The summed E-state index contributed by atoms with van der Waals surface area (Å²) < 4.78 is 70.7. The molecule has 0 amide bonds. The zero-order valence-corrected chi connectivity index (χ0v) is 25.1. The number of aromatic nitrogens is 4. The summed E-state index contributed by atoms with van der Waals surface area (Å²) in [7, 11) is -4.08. The molecule has 15 heteroatoms. The van der Waals surface area contributed by atoms with Crippen LogP contribution < -0.4 is 4.90 Å². The number of carboxylic acid groups (broad SMARTS) is 1. The Morgan fingerprint density at radius 2 is 1.98 bits per heavy atom. The Balaban J connectivity index is 1.41. The molecule has 0 bridgehead atoms. The van der Waals surface area contributed by atoms with Gasteiger partial charge >= 0.3 is 12.1 Å². The fraction of sp³-hybridized carbons (Fsp3) is 0.367. The van der Waals surface area contributed by atoms with Crippen LogP contribution in [0.4, 0.5) is 19.0 Å². The number of aliphatic carboxylic acids is 1. The van der Waals surface area contributed by atoms with E-state index in [1.54, 1.807) is 25.1 Å². The molecule has 5 heterocycles. The fourth-order valence-corrected chi connectivity index (χ4v) is 7.98. The number of sulfonamides is 1. The number of nitriles is 1. The van der Waals surface area contributed by atoms with Crippen LogP contribution in [0.1, 0.15) is 64.4 Å².